The molecule has 21 heavy (non-hydrogen) atoms. The summed E-state index contributed by atoms with van der Waals surface area (Å²) in [5, 5.41) is 9.21. The number of hydrogen-bond donors (Lipinski definition) is 1. The molecule has 0 unspecified atom stereocenters. The van der Waals surface area contributed by atoms with Crippen molar-refractivity contribution in [2.75, 3.05) is 13.7 Å². The minimum atomic E-state index is -0.925. The average Bonchev–Trinajstić information content (AvgIpc) is 2.70. The highest BCUT2D eigenvalue weighted by molar-refractivity contribution is 5.72. The van der Waals surface area contributed by atoms with Crippen molar-refractivity contribution in [2.45, 2.75) is 58.8 Å². The Bertz CT molecular complexity index is 390. The Kier molecular flexibility index (Phi) is 5.61. The molecule has 0 aliphatic carbocycles. The number of ether oxygens (including phenoxy) is 2. The SMILES string of the molecule is CO[C@H]([C@@H](C)C(=O)O)[C@@H]1C[C@@H](C)CN1C(=O)OC(C)(C)C. The zero-order chi connectivity index (χ0) is 16.4. The maximum atomic E-state index is 12.3. The van der Waals surface area contributed by atoms with E-state index in [4.69, 9.17) is 9.47 Å². The third-order valence-electron chi connectivity index (χ3n) is 3.71. The van der Waals surface area contributed by atoms with E-state index >= 15 is 0 Å². The molecule has 1 fully saturated rings. The molecule has 1 rings (SSSR count). The van der Waals surface area contributed by atoms with Crippen LogP contribution in [0, 0.1) is 11.8 Å². The molecule has 0 aromatic rings. The molecule has 0 radical (unpaired) electrons. The quantitative estimate of drug-likeness (QED) is 0.862. The van der Waals surface area contributed by atoms with Crippen LogP contribution < -0.4 is 0 Å². The van der Waals surface area contributed by atoms with Gasteiger partial charge in [0.2, 0.25) is 0 Å². The number of hydrogen-bond acceptors (Lipinski definition) is 4. The highest BCUT2D eigenvalue weighted by atomic mass is 16.6. The molecular formula is C15H27NO5. The lowest BCUT2D eigenvalue weighted by Gasteiger charge is -2.34. The molecule has 1 aliphatic rings. The van der Waals surface area contributed by atoms with Crippen LogP contribution in [0.4, 0.5) is 4.79 Å². The first-order chi connectivity index (χ1) is 9.56. The van der Waals surface area contributed by atoms with Gasteiger partial charge < -0.3 is 19.5 Å². The number of aliphatic carboxylic acids is 1. The molecule has 4 atom stereocenters. The Morgan fingerprint density at radius 1 is 1.33 bits per heavy atom. The number of carbonyl (C=O) groups excluding carboxylic acids is 1. The lowest BCUT2D eigenvalue weighted by molar-refractivity contribution is -0.147. The molecule has 122 valence electrons. The van der Waals surface area contributed by atoms with E-state index in [1.807, 2.05) is 27.7 Å². The fraction of sp³-hybridized carbons (Fsp3) is 0.867. The molecule has 0 aromatic heterocycles. The van der Waals surface area contributed by atoms with E-state index in [1.165, 1.54) is 7.11 Å². The number of likely N-dealkylation sites (tertiary alicyclic amines) is 1. The predicted octanol–water partition coefficient (Wildman–Crippen LogP) is 2.37. The number of methoxy groups -OCH3 is 1. The summed E-state index contributed by atoms with van der Waals surface area (Å²) in [5.74, 6) is -1.32. The third kappa shape index (κ3) is 4.59. The van der Waals surface area contributed by atoms with Crippen LogP contribution in [0.15, 0.2) is 0 Å². The Balaban J connectivity index is 2.92. The molecule has 6 nitrogen and oxygen atoms in total. The van der Waals surface area contributed by atoms with Crippen molar-refractivity contribution in [3.05, 3.63) is 0 Å². The molecule has 6 heteroatoms. The van der Waals surface area contributed by atoms with Crippen molar-refractivity contribution in [2.24, 2.45) is 11.8 Å². The minimum Gasteiger partial charge on any atom is -0.481 e. The number of rotatable bonds is 4. The van der Waals surface area contributed by atoms with Crippen LogP contribution in [0.5, 0.6) is 0 Å². The van der Waals surface area contributed by atoms with Gasteiger partial charge in [-0.1, -0.05) is 6.92 Å². The van der Waals surface area contributed by atoms with Crippen LogP contribution in [0.3, 0.4) is 0 Å². The first kappa shape index (κ1) is 17.8. The number of amides is 1. The number of carbonyl (C=O) groups is 2. The van der Waals surface area contributed by atoms with Crippen LogP contribution in [0.1, 0.15) is 41.0 Å². The maximum Gasteiger partial charge on any atom is 0.410 e. The third-order valence-corrected chi connectivity index (χ3v) is 3.71. The highest BCUT2D eigenvalue weighted by Gasteiger charge is 2.43. The lowest BCUT2D eigenvalue weighted by atomic mass is 9.94. The summed E-state index contributed by atoms with van der Waals surface area (Å²) in [6.07, 6.45) is -0.230. The van der Waals surface area contributed by atoms with Gasteiger partial charge in [-0.2, -0.15) is 0 Å². The Labute approximate surface area is 126 Å². The maximum absolute atomic E-state index is 12.3. The van der Waals surface area contributed by atoms with Crippen LogP contribution in [-0.4, -0.2) is 53.5 Å². The Morgan fingerprint density at radius 3 is 2.33 bits per heavy atom. The van der Waals surface area contributed by atoms with Crippen LogP contribution in [0.25, 0.3) is 0 Å². The zero-order valence-corrected chi connectivity index (χ0v) is 13.8. The van der Waals surface area contributed by atoms with Crippen LogP contribution >= 0.6 is 0 Å². The average molecular weight is 301 g/mol. The van der Waals surface area contributed by atoms with Crippen LogP contribution in [0.2, 0.25) is 0 Å². The van der Waals surface area contributed by atoms with Gasteiger partial charge in [-0.05, 0) is 40.0 Å². The Hall–Kier alpha value is -1.30. The van der Waals surface area contributed by atoms with Gasteiger partial charge in [0.25, 0.3) is 0 Å². The fourth-order valence-electron chi connectivity index (χ4n) is 2.76. The lowest BCUT2D eigenvalue weighted by Crippen LogP contribution is -2.49. The number of carboxylic acid groups (broad SMARTS) is 1. The van der Waals surface area contributed by atoms with Crippen molar-refractivity contribution in [3.8, 4) is 0 Å². The summed E-state index contributed by atoms with van der Waals surface area (Å²) in [4.78, 5) is 25.2. The van der Waals surface area contributed by atoms with E-state index in [9.17, 15) is 14.7 Å². The van der Waals surface area contributed by atoms with Gasteiger partial charge in [-0.3, -0.25) is 4.79 Å². The van der Waals surface area contributed by atoms with E-state index in [0.29, 0.717) is 12.5 Å². The number of nitrogens with zero attached hydrogens (tertiary/aromatic N) is 1. The van der Waals surface area contributed by atoms with Crippen molar-refractivity contribution < 1.29 is 24.2 Å². The van der Waals surface area contributed by atoms with Gasteiger partial charge in [0, 0.05) is 13.7 Å². The molecule has 1 amide bonds. The van der Waals surface area contributed by atoms with E-state index in [1.54, 1.807) is 11.8 Å². The monoisotopic (exact) mass is 301 g/mol. The fourth-order valence-corrected chi connectivity index (χ4v) is 2.76. The van der Waals surface area contributed by atoms with Crippen molar-refractivity contribution in [1.29, 1.82) is 0 Å². The van der Waals surface area contributed by atoms with Gasteiger partial charge in [-0.25, -0.2) is 4.79 Å². The second-order valence-corrected chi connectivity index (χ2v) is 6.87. The summed E-state index contributed by atoms with van der Waals surface area (Å²) in [7, 11) is 1.49. The predicted molar refractivity (Wildman–Crippen MR) is 78.1 cm³/mol. The van der Waals surface area contributed by atoms with Crippen molar-refractivity contribution in [3.63, 3.8) is 0 Å². The van der Waals surface area contributed by atoms with Crippen LogP contribution in [-0.2, 0) is 14.3 Å². The van der Waals surface area contributed by atoms with E-state index < -0.39 is 29.7 Å². The van der Waals surface area contributed by atoms with Gasteiger partial charge in [-0.15, -0.1) is 0 Å². The molecule has 1 heterocycles. The van der Waals surface area contributed by atoms with E-state index in [0.717, 1.165) is 6.42 Å². The molecule has 0 spiro atoms. The summed E-state index contributed by atoms with van der Waals surface area (Å²) >= 11 is 0. The van der Waals surface area contributed by atoms with Gasteiger partial charge in [0.15, 0.2) is 0 Å². The van der Waals surface area contributed by atoms with E-state index in [-0.39, 0.29) is 6.04 Å². The summed E-state index contributed by atoms with van der Waals surface area (Å²) in [6, 6.07) is -0.272. The zero-order valence-electron chi connectivity index (χ0n) is 13.8. The summed E-state index contributed by atoms with van der Waals surface area (Å²) < 4.78 is 10.8. The molecular weight excluding hydrogens is 274 g/mol. The Morgan fingerprint density at radius 2 is 1.90 bits per heavy atom. The van der Waals surface area contributed by atoms with Gasteiger partial charge in [0.05, 0.1) is 18.1 Å². The molecule has 1 saturated heterocycles. The second kappa shape index (κ2) is 6.64. The molecule has 1 aliphatic heterocycles. The summed E-state index contributed by atoms with van der Waals surface area (Å²) in [6.45, 7) is 9.64. The summed E-state index contributed by atoms with van der Waals surface area (Å²) in [5.41, 5.74) is -0.575. The number of carboxylic acids is 1. The van der Waals surface area contributed by atoms with Gasteiger partial charge in [0.1, 0.15) is 5.60 Å². The normalized spacial score (nSPS) is 25.5. The van der Waals surface area contributed by atoms with E-state index in [2.05, 4.69) is 0 Å². The molecule has 0 bridgehead atoms. The molecule has 0 aromatic carbocycles. The van der Waals surface area contributed by atoms with Gasteiger partial charge >= 0.3 is 12.1 Å². The van der Waals surface area contributed by atoms with Crippen molar-refractivity contribution >= 4 is 12.1 Å². The topological polar surface area (TPSA) is 76.1 Å². The largest absolute Gasteiger partial charge is 0.481 e. The van der Waals surface area contributed by atoms with Crippen molar-refractivity contribution in [1.82, 2.24) is 4.90 Å². The first-order valence-corrected chi connectivity index (χ1v) is 7.32. The molecule has 0 saturated carbocycles. The second-order valence-electron chi connectivity index (χ2n) is 6.87. The smallest absolute Gasteiger partial charge is 0.410 e. The minimum absolute atomic E-state index is 0.272. The highest BCUT2D eigenvalue weighted by Crippen LogP contribution is 2.31. The first-order valence-electron chi connectivity index (χ1n) is 7.32. The standard InChI is InChI=1S/C15H27NO5/c1-9-7-11(12(20-6)10(2)13(17)18)16(8-9)14(19)21-15(3,4)5/h9-12H,7-8H2,1-6H3,(H,17,18)/t9-,10-,11+,12-/m1/s1. The molecule has 1 N–H and O–H groups in total.